The van der Waals surface area contributed by atoms with Crippen molar-refractivity contribution in [1.29, 1.82) is 0 Å². The third-order valence-corrected chi connectivity index (χ3v) is 5.18. The van der Waals surface area contributed by atoms with Crippen LogP contribution in [0.15, 0.2) is 17.1 Å². The van der Waals surface area contributed by atoms with Gasteiger partial charge in [-0.25, -0.2) is 4.99 Å². The highest BCUT2D eigenvalue weighted by Gasteiger charge is 2.17. The van der Waals surface area contributed by atoms with Gasteiger partial charge in [0.15, 0.2) is 17.5 Å². The van der Waals surface area contributed by atoms with Crippen molar-refractivity contribution < 1.29 is 9.47 Å². The molecule has 1 aromatic carbocycles. The largest absolute Gasteiger partial charge is 0.486 e. The van der Waals surface area contributed by atoms with Crippen molar-refractivity contribution in [1.82, 2.24) is 10.6 Å². The van der Waals surface area contributed by atoms with E-state index < -0.39 is 0 Å². The number of guanidine groups is 1. The van der Waals surface area contributed by atoms with E-state index in [0.29, 0.717) is 36.3 Å². The van der Waals surface area contributed by atoms with E-state index in [9.17, 15) is 0 Å². The number of thioether (sulfide) groups is 1. The average Bonchev–Trinajstić information content (AvgIpc) is 2.57. The second-order valence-electron chi connectivity index (χ2n) is 6.11. The van der Waals surface area contributed by atoms with Crippen molar-refractivity contribution in [3.05, 3.63) is 22.7 Å². The van der Waals surface area contributed by atoms with Gasteiger partial charge in [-0.3, -0.25) is 0 Å². The topological polar surface area (TPSA) is 54.9 Å². The summed E-state index contributed by atoms with van der Waals surface area (Å²) in [7, 11) is 0. The highest BCUT2D eigenvalue weighted by atomic mass is 127. The number of hydrogen-bond acceptors (Lipinski definition) is 4. The molecule has 8 heteroatoms. The van der Waals surface area contributed by atoms with Gasteiger partial charge in [-0.05, 0) is 44.7 Å². The number of aliphatic imine (C=N–C) groups is 1. The van der Waals surface area contributed by atoms with Crippen molar-refractivity contribution in [2.24, 2.45) is 4.99 Å². The average molecular weight is 500 g/mol. The van der Waals surface area contributed by atoms with Crippen molar-refractivity contribution >= 4 is 53.3 Å². The standard InChI is InChI=1S/C17H26ClN3O2S.HI/c1-5-19-16(21-11-17(2,3)24-4)20-10-12-8-13(18)15-14(9-12)22-6-7-23-15;/h8-9H,5-7,10-11H2,1-4H3,(H2,19,20,21);1H. The lowest BCUT2D eigenvalue weighted by atomic mass is 10.2. The van der Waals surface area contributed by atoms with Crippen LogP contribution in [0.25, 0.3) is 0 Å². The van der Waals surface area contributed by atoms with Gasteiger partial charge in [0.25, 0.3) is 0 Å². The summed E-state index contributed by atoms with van der Waals surface area (Å²) in [6.07, 6.45) is 2.11. The van der Waals surface area contributed by atoms with E-state index in [1.165, 1.54) is 0 Å². The van der Waals surface area contributed by atoms with Crippen molar-refractivity contribution in [3.63, 3.8) is 0 Å². The lowest BCUT2D eigenvalue weighted by Gasteiger charge is -2.24. The molecule has 0 saturated carbocycles. The normalized spacial score (nSPS) is 13.9. The van der Waals surface area contributed by atoms with Gasteiger partial charge in [0, 0.05) is 17.8 Å². The zero-order valence-electron chi connectivity index (χ0n) is 15.1. The summed E-state index contributed by atoms with van der Waals surface area (Å²) >= 11 is 8.10. The minimum Gasteiger partial charge on any atom is -0.486 e. The highest BCUT2D eigenvalue weighted by molar-refractivity contribution is 14.0. The SMILES string of the molecule is CCNC(=NCc1cc(Cl)c2c(c1)OCCO2)NCC(C)(C)SC.I. The Hall–Kier alpha value is -0.540. The molecule has 0 aromatic heterocycles. The summed E-state index contributed by atoms with van der Waals surface area (Å²) in [5.41, 5.74) is 0.991. The summed E-state index contributed by atoms with van der Waals surface area (Å²) in [4.78, 5) is 4.64. The van der Waals surface area contributed by atoms with Gasteiger partial charge >= 0.3 is 0 Å². The number of rotatable bonds is 6. The maximum atomic E-state index is 6.28. The molecule has 1 aromatic rings. The predicted octanol–water partition coefficient (Wildman–Crippen LogP) is 3.93. The molecule has 0 fully saturated rings. The van der Waals surface area contributed by atoms with Crippen LogP contribution >= 0.6 is 47.3 Å². The van der Waals surface area contributed by atoms with Gasteiger partial charge < -0.3 is 20.1 Å². The minimum atomic E-state index is 0. The third-order valence-electron chi connectivity index (χ3n) is 3.65. The Morgan fingerprint density at radius 1 is 1.28 bits per heavy atom. The van der Waals surface area contributed by atoms with Crippen LogP contribution in [0.4, 0.5) is 0 Å². The monoisotopic (exact) mass is 499 g/mol. The number of hydrogen-bond donors (Lipinski definition) is 2. The van der Waals surface area contributed by atoms with Crippen LogP contribution in [0.2, 0.25) is 5.02 Å². The van der Waals surface area contributed by atoms with E-state index in [2.05, 4.69) is 42.7 Å². The number of fused-ring (bicyclic) bond motifs is 1. The molecule has 0 spiro atoms. The molecule has 0 bridgehead atoms. The molecule has 0 aliphatic carbocycles. The molecule has 0 amide bonds. The molecule has 0 unspecified atom stereocenters. The maximum Gasteiger partial charge on any atom is 0.191 e. The number of nitrogens with one attached hydrogen (secondary N) is 2. The molecule has 1 aliphatic rings. The molecule has 25 heavy (non-hydrogen) atoms. The molecule has 1 aliphatic heterocycles. The second kappa shape index (κ2) is 10.6. The zero-order valence-corrected chi connectivity index (χ0v) is 19.1. The Labute approximate surface area is 176 Å². The molecule has 1 heterocycles. The fourth-order valence-electron chi connectivity index (χ4n) is 2.14. The summed E-state index contributed by atoms with van der Waals surface area (Å²) in [5, 5.41) is 7.22. The Morgan fingerprint density at radius 3 is 2.68 bits per heavy atom. The van der Waals surface area contributed by atoms with Gasteiger partial charge in [0.05, 0.1) is 11.6 Å². The quantitative estimate of drug-likeness (QED) is 0.353. The Balaban J connectivity index is 0.00000312. The van der Waals surface area contributed by atoms with Crippen LogP contribution in [0.1, 0.15) is 26.3 Å². The number of benzene rings is 1. The minimum absolute atomic E-state index is 0. The van der Waals surface area contributed by atoms with Gasteiger partial charge in [-0.2, -0.15) is 11.8 Å². The Kier molecular flexibility index (Phi) is 9.51. The summed E-state index contributed by atoms with van der Waals surface area (Å²) < 4.78 is 11.3. The summed E-state index contributed by atoms with van der Waals surface area (Å²) in [6, 6.07) is 3.83. The maximum absolute atomic E-state index is 6.28. The van der Waals surface area contributed by atoms with E-state index in [1.54, 1.807) is 0 Å². The van der Waals surface area contributed by atoms with E-state index >= 15 is 0 Å². The first kappa shape index (κ1) is 22.5. The van der Waals surface area contributed by atoms with Gasteiger partial charge in [0.1, 0.15) is 13.2 Å². The fourth-order valence-corrected chi connectivity index (χ4v) is 2.64. The van der Waals surface area contributed by atoms with Crippen LogP contribution in [-0.2, 0) is 6.54 Å². The molecule has 0 atom stereocenters. The molecule has 2 N–H and O–H groups in total. The van der Waals surface area contributed by atoms with E-state index in [1.807, 2.05) is 23.9 Å². The van der Waals surface area contributed by atoms with Crippen LogP contribution in [0.5, 0.6) is 11.5 Å². The van der Waals surface area contributed by atoms with Crippen LogP contribution in [0.3, 0.4) is 0 Å². The lowest BCUT2D eigenvalue weighted by molar-refractivity contribution is 0.171. The second-order valence-corrected chi connectivity index (χ2v) is 8.03. The van der Waals surface area contributed by atoms with Gasteiger partial charge in [-0.1, -0.05) is 11.6 Å². The first-order chi connectivity index (χ1) is 11.4. The van der Waals surface area contributed by atoms with Crippen LogP contribution in [0, 0.1) is 0 Å². The van der Waals surface area contributed by atoms with Gasteiger partial charge in [0.2, 0.25) is 0 Å². The summed E-state index contributed by atoms with van der Waals surface area (Å²) in [5.74, 6) is 2.12. The highest BCUT2D eigenvalue weighted by Crippen LogP contribution is 2.38. The van der Waals surface area contributed by atoms with E-state index in [4.69, 9.17) is 21.1 Å². The van der Waals surface area contributed by atoms with Gasteiger partial charge in [-0.15, -0.1) is 24.0 Å². The molecular weight excluding hydrogens is 473 g/mol. The molecule has 0 saturated heterocycles. The Morgan fingerprint density at radius 2 is 2.00 bits per heavy atom. The van der Waals surface area contributed by atoms with Crippen LogP contribution < -0.4 is 20.1 Å². The first-order valence-electron chi connectivity index (χ1n) is 8.10. The molecule has 2 rings (SSSR count). The molecule has 5 nitrogen and oxygen atoms in total. The number of ether oxygens (including phenoxy) is 2. The first-order valence-corrected chi connectivity index (χ1v) is 9.71. The molecule has 0 radical (unpaired) electrons. The summed E-state index contributed by atoms with van der Waals surface area (Å²) in [6.45, 7) is 9.70. The lowest BCUT2D eigenvalue weighted by Crippen LogP contribution is -2.43. The van der Waals surface area contributed by atoms with Crippen LogP contribution in [-0.4, -0.2) is 43.3 Å². The van der Waals surface area contributed by atoms with Crippen molar-refractivity contribution in [2.75, 3.05) is 32.6 Å². The third kappa shape index (κ3) is 6.94. The predicted molar refractivity (Wildman–Crippen MR) is 118 cm³/mol. The fraction of sp³-hybridized carbons (Fsp3) is 0.588. The van der Waals surface area contributed by atoms with E-state index in [-0.39, 0.29) is 28.7 Å². The smallest absolute Gasteiger partial charge is 0.191 e. The zero-order chi connectivity index (χ0) is 17.6. The molecular formula is C17H27ClIN3O2S. The van der Waals surface area contributed by atoms with Crippen molar-refractivity contribution in [3.8, 4) is 11.5 Å². The van der Waals surface area contributed by atoms with E-state index in [0.717, 1.165) is 24.6 Å². The van der Waals surface area contributed by atoms with Crippen molar-refractivity contribution in [2.45, 2.75) is 32.1 Å². The number of halogens is 2. The number of nitrogens with zero attached hydrogens (tertiary/aromatic N) is 1. The Bertz CT molecular complexity index is 600. The molecule has 142 valence electrons.